The number of hydrogen-bond acceptors (Lipinski definition) is 4. The van der Waals surface area contributed by atoms with E-state index in [1.165, 1.54) is 5.56 Å². The largest absolute Gasteiger partial charge is 0.494 e. The van der Waals surface area contributed by atoms with Crippen LogP contribution >= 0.6 is 0 Å². The lowest BCUT2D eigenvalue weighted by Gasteiger charge is -2.08. The molecule has 3 aromatic rings. The summed E-state index contributed by atoms with van der Waals surface area (Å²) >= 11 is 0. The zero-order chi connectivity index (χ0) is 20.6. The summed E-state index contributed by atoms with van der Waals surface area (Å²) in [5.74, 6) is 0.113. The van der Waals surface area contributed by atoms with Gasteiger partial charge in [0.25, 0.3) is 0 Å². The van der Waals surface area contributed by atoms with Crippen molar-refractivity contribution in [2.24, 2.45) is 5.73 Å². The standard InChI is InChI=1S/C23H26N2O4/c1-2-28-23(27)9-6-12-29-19-10-11-21-20(14-19)18(13-22(24)26)16-25(21)15-17-7-4-3-5-8-17/h3-5,7-8,10-11,14,16H,2,6,9,12-13,15H2,1H3,(H2,24,26). The van der Waals surface area contributed by atoms with Gasteiger partial charge in [-0.05, 0) is 42.7 Å². The molecule has 0 fully saturated rings. The quantitative estimate of drug-likeness (QED) is 0.422. The second-order valence-electron chi connectivity index (χ2n) is 6.85. The number of hydrogen-bond donors (Lipinski definition) is 1. The maximum Gasteiger partial charge on any atom is 0.305 e. The Labute approximate surface area is 170 Å². The smallest absolute Gasteiger partial charge is 0.305 e. The molecule has 2 aromatic carbocycles. The highest BCUT2D eigenvalue weighted by Crippen LogP contribution is 2.27. The second-order valence-corrected chi connectivity index (χ2v) is 6.85. The second kappa shape index (κ2) is 9.78. The number of primary amides is 1. The molecule has 0 aliphatic carbocycles. The van der Waals surface area contributed by atoms with Crippen molar-refractivity contribution < 1.29 is 19.1 Å². The SMILES string of the molecule is CCOC(=O)CCCOc1ccc2c(c1)c(CC(N)=O)cn2Cc1ccccc1. The first kappa shape index (κ1) is 20.5. The lowest BCUT2D eigenvalue weighted by molar-refractivity contribution is -0.143. The molecule has 2 N–H and O–H groups in total. The molecule has 3 rings (SSSR count). The van der Waals surface area contributed by atoms with Crippen LogP contribution in [-0.2, 0) is 27.3 Å². The van der Waals surface area contributed by atoms with Crippen molar-refractivity contribution in [3.63, 3.8) is 0 Å². The number of fused-ring (bicyclic) bond motifs is 1. The summed E-state index contributed by atoms with van der Waals surface area (Å²) in [5.41, 5.74) is 8.51. The fourth-order valence-electron chi connectivity index (χ4n) is 3.32. The minimum Gasteiger partial charge on any atom is -0.494 e. The number of aromatic nitrogens is 1. The summed E-state index contributed by atoms with van der Waals surface area (Å²) in [6, 6.07) is 16.0. The van der Waals surface area contributed by atoms with Gasteiger partial charge in [-0.1, -0.05) is 30.3 Å². The summed E-state index contributed by atoms with van der Waals surface area (Å²) in [6.45, 7) is 3.30. The molecule has 1 amide bonds. The Balaban J connectivity index is 1.77. The number of carbonyl (C=O) groups excluding carboxylic acids is 2. The fourth-order valence-corrected chi connectivity index (χ4v) is 3.32. The van der Waals surface area contributed by atoms with E-state index in [9.17, 15) is 9.59 Å². The predicted molar refractivity (Wildman–Crippen MR) is 112 cm³/mol. The minimum atomic E-state index is -0.371. The van der Waals surface area contributed by atoms with Crippen molar-refractivity contribution in [2.75, 3.05) is 13.2 Å². The molecule has 29 heavy (non-hydrogen) atoms. The third-order valence-corrected chi connectivity index (χ3v) is 4.59. The number of esters is 1. The van der Waals surface area contributed by atoms with Gasteiger partial charge >= 0.3 is 5.97 Å². The average Bonchev–Trinajstić information content (AvgIpc) is 3.02. The van der Waals surface area contributed by atoms with E-state index in [0.29, 0.717) is 38.3 Å². The Morgan fingerprint density at radius 3 is 2.62 bits per heavy atom. The van der Waals surface area contributed by atoms with Crippen LogP contribution in [-0.4, -0.2) is 29.7 Å². The third-order valence-electron chi connectivity index (χ3n) is 4.59. The van der Waals surface area contributed by atoms with E-state index in [1.807, 2.05) is 42.6 Å². The van der Waals surface area contributed by atoms with E-state index < -0.39 is 0 Å². The average molecular weight is 394 g/mol. The zero-order valence-electron chi connectivity index (χ0n) is 16.6. The maximum atomic E-state index is 11.5. The van der Waals surface area contributed by atoms with Crippen molar-refractivity contribution >= 4 is 22.8 Å². The van der Waals surface area contributed by atoms with Gasteiger partial charge in [-0.2, -0.15) is 0 Å². The molecule has 6 heteroatoms. The monoisotopic (exact) mass is 394 g/mol. The zero-order valence-corrected chi connectivity index (χ0v) is 16.6. The first-order valence-corrected chi connectivity index (χ1v) is 9.79. The summed E-state index contributed by atoms with van der Waals surface area (Å²) in [7, 11) is 0. The number of benzene rings is 2. The van der Waals surface area contributed by atoms with Gasteiger partial charge in [0.05, 0.1) is 19.6 Å². The van der Waals surface area contributed by atoms with Crippen LogP contribution in [0.15, 0.2) is 54.7 Å². The van der Waals surface area contributed by atoms with Gasteiger partial charge in [0, 0.05) is 30.1 Å². The number of carbonyl (C=O) groups is 2. The van der Waals surface area contributed by atoms with Gasteiger partial charge in [-0.3, -0.25) is 9.59 Å². The van der Waals surface area contributed by atoms with E-state index in [-0.39, 0.29) is 18.3 Å². The molecule has 0 aliphatic rings. The molecule has 0 aliphatic heterocycles. The van der Waals surface area contributed by atoms with Crippen molar-refractivity contribution in [1.82, 2.24) is 4.57 Å². The molecule has 0 bridgehead atoms. The highest BCUT2D eigenvalue weighted by atomic mass is 16.5. The van der Waals surface area contributed by atoms with Crippen LogP contribution < -0.4 is 10.5 Å². The molecule has 0 atom stereocenters. The van der Waals surface area contributed by atoms with Crippen molar-refractivity contribution in [3.05, 3.63) is 65.9 Å². The summed E-state index contributed by atoms with van der Waals surface area (Å²) in [5, 5.41) is 0.947. The van der Waals surface area contributed by atoms with Gasteiger partial charge in [0.15, 0.2) is 0 Å². The Morgan fingerprint density at radius 1 is 1.10 bits per heavy atom. The van der Waals surface area contributed by atoms with Crippen LogP contribution in [0.25, 0.3) is 10.9 Å². The first-order chi connectivity index (χ1) is 14.1. The summed E-state index contributed by atoms with van der Waals surface area (Å²) in [4.78, 5) is 22.9. The molecule has 6 nitrogen and oxygen atoms in total. The fraction of sp³-hybridized carbons (Fsp3) is 0.304. The maximum absolute atomic E-state index is 11.5. The van der Waals surface area contributed by atoms with Crippen LogP contribution in [0.3, 0.4) is 0 Å². The molecule has 0 unspecified atom stereocenters. The van der Waals surface area contributed by atoms with Gasteiger partial charge < -0.3 is 19.8 Å². The molecule has 0 radical (unpaired) electrons. The van der Waals surface area contributed by atoms with Gasteiger partial charge in [-0.15, -0.1) is 0 Å². The lowest BCUT2D eigenvalue weighted by Crippen LogP contribution is -2.13. The van der Waals surface area contributed by atoms with Gasteiger partial charge in [0.1, 0.15) is 5.75 Å². The number of amides is 1. The van der Waals surface area contributed by atoms with Gasteiger partial charge in [0.2, 0.25) is 5.91 Å². The van der Waals surface area contributed by atoms with E-state index in [4.69, 9.17) is 15.2 Å². The molecular weight excluding hydrogens is 368 g/mol. The molecular formula is C23H26N2O4. The normalized spacial score (nSPS) is 10.8. The highest BCUT2D eigenvalue weighted by Gasteiger charge is 2.12. The Kier molecular flexibility index (Phi) is 6.89. The molecule has 1 heterocycles. The lowest BCUT2D eigenvalue weighted by atomic mass is 10.1. The molecule has 0 saturated carbocycles. The minimum absolute atomic E-state index is 0.171. The number of rotatable bonds is 10. The number of nitrogens with zero attached hydrogens (tertiary/aromatic N) is 1. The van der Waals surface area contributed by atoms with Crippen LogP contribution in [0.5, 0.6) is 5.75 Å². The summed E-state index contributed by atoms with van der Waals surface area (Å²) in [6.07, 6.45) is 3.06. The van der Waals surface area contributed by atoms with Gasteiger partial charge in [-0.25, -0.2) is 0 Å². The predicted octanol–water partition coefficient (Wildman–Crippen LogP) is 3.44. The van der Waals surface area contributed by atoms with Crippen molar-refractivity contribution in [2.45, 2.75) is 32.7 Å². The topological polar surface area (TPSA) is 83.6 Å². The molecule has 152 valence electrons. The number of nitrogens with two attached hydrogens (primary N) is 1. The van der Waals surface area contributed by atoms with E-state index in [1.54, 1.807) is 6.92 Å². The van der Waals surface area contributed by atoms with Crippen molar-refractivity contribution in [1.29, 1.82) is 0 Å². The molecule has 0 spiro atoms. The Bertz CT molecular complexity index is 979. The first-order valence-electron chi connectivity index (χ1n) is 9.79. The van der Waals surface area contributed by atoms with Crippen molar-refractivity contribution in [3.8, 4) is 5.75 Å². The van der Waals surface area contributed by atoms with E-state index >= 15 is 0 Å². The molecule has 0 saturated heterocycles. The Morgan fingerprint density at radius 2 is 1.90 bits per heavy atom. The summed E-state index contributed by atoms with van der Waals surface area (Å²) < 4.78 is 12.8. The van der Waals surface area contributed by atoms with Crippen LogP contribution in [0, 0.1) is 0 Å². The van der Waals surface area contributed by atoms with E-state index in [2.05, 4.69) is 16.7 Å². The van der Waals surface area contributed by atoms with Crippen LogP contribution in [0.2, 0.25) is 0 Å². The van der Waals surface area contributed by atoms with Crippen LogP contribution in [0.1, 0.15) is 30.9 Å². The number of ether oxygens (including phenoxy) is 2. The van der Waals surface area contributed by atoms with Crippen LogP contribution in [0.4, 0.5) is 0 Å². The Hall–Kier alpha value is -3.28. The molecule has 1 aromatic heterocycles. The highest BCUT2D eigenvalue weighted by molar-refractivity contribution is 5.90. The van der Waals surface area contributed by atoms with E-state index in [0.717, 1.165) is 16.5 Å². The third kappa shape index (κ3) is 5.60.